The molecule has 0 saturated carbocycles. The van der Waals surface area contributed by atoms with Crippen molar-refractivity contribution >= 4 is 33.4 Å². The standard InChI is InChI=1S/C26H32N2O3S/c1-6-8-9-20-10-11-22-23(14-20)32-26(28(22)16-25(30)31-7-2)27-24(29)15-21-18(4)12-17(3)13-19(21)5/h10-14H,6-9,15-16H2,1-5H3. The Kier molecular flexibility index (Phi) is 8.02. The summed E-state index contributed by atoms with van der Waals surface area (Å²) >= 11 is 1.45. The Morgan fingerprint density at radius 2 is 1.78 bits per heavy atom. The third-order valence-electron chi connectivity index (χ3n) is 5.55. The Bertz CT molecular complexity index is 1180. The highest BCUT2D eigenvalue weighted by atomic mass is 32.1. The van der Waals surface area contributed by atoms with E-state index in [1.165, 1.54) is 22.5 Å². The zero-order valence-electron chi connectivity index (χ0n) is 19.7. The van der Waals surface area contributed by atoms with Crippen LogP contribution in [0.4, 0.5) is 0 Å². The van der Waals surface area contributed by atoms with Crippen molar-refractivity contribution < 1.29 is 14.3 Å². The van der Waals surface area contributed by atoms with Crippen LogP contribution in [0.5, 0.6) is 0 Å². The van der Waals surface area contributed by atoms with Gasteiger partial charge in [0.25, 0.3) is 5.91 Å². The number of thiazole rings is 1. The van der Waals surface area contributed by atoms with Crippen LogP contribution in [-0.4, -0.2) is 23.1 Å². The van der Waals surface area contributed by atoms with Crippen molar-refractivity contribution in [2.45, 2.75) is 66.8 Å². The molecule has 0 fully saturated rings. The number of carbonyl (C=O) groups is 2. The van der Waals surface area contributed by atoms with Crippen molar-refractivity contribution in [1.82, 2.24) is 4.57 Å². The predicted octanol–water partition coefficient (Wildman–Crippen LogP) is 5.20. The van der Waals surface area contributed by atoms with Gasteiger partial charge in [-0.25, -0.2) is 0 Å². The molecule has 6 heteroatoms. The maximum Gasteiger partial charge on any atom is 0.326 e. The topological polar surface area (TPSA) is 60.7 Å². The average Bonchev–Trinajstić information content (AvgIpc) is 3.05. The van der Waals surface area contributed by atoms with Gasteiger partial charge in [0.2, 0.25) is 0 Å². The van der Waals surface area contributed by atoms with Gasteiger partial charge in [-0.2, -0.15) is 4.99 Å². The minimum absolute atomic E-state index is 0.0385. The number of aromatic nitrogens is 1. The Labute approximate surface area is 193 Å². The monoisotopic (exact) mass is 452 g/mol. The first-order valence-corrected chi connectivity index (χ1v) is 12.1. The molecular formula is C26H32N2O3S. The fourth-order valence-corrected chi connectivity index (χ4v) is 5.12. The number of amides is 1. The second-order valence-electron chi connectivity index (χ2n) is 8.24. The summed E-state index contributed by atoms with van der Waals surface area (Å²) in [6.07, 6.45) is 3.52. The van der Waals surface area contributed by atoms with Gasteiger partial charge in [0.1, 0.15) is 6.54 Å². The molecular weight excluding hydrogens is 420 g/mol. The minimum Gasteiger partial charge on any atom is -0.465 e. The Morgan fingerprint density at radius 1 is 1.06 bits per heavy atom. The lowest BCUT2D eigenvalue weighted by molar-refractivity contribution is -0.143. The predicted molar refractivity (Wildman–Crippen MR) is 130 cm³/mol. The lowest BCUT2D eigenvalue weighted by atomic mass is 9.97. The van der Waals surface area contributed by atoms with Crippen LogP contribution in [-0.2, 0) is 33.7 Å². The summed E-state index contributed by atoms with van der Waals surface area (Å²) in [4.78, 5) is 30.1. The zero-order valence-corrected chi connectivity index (χ0v) is 20.5. The van der Waals surface area contributed by atoms with Crippen molar-refractivity contribution in [1.29, 1.82) is 0 Å². The molecule has 0 bridgehead atoms. The van der Waals surface area contributed by atoms with Gasteiger partial charge in [-0.1, -0.05) is 48.4 Å². The molecule has 3 rings (SSSR count). The third kappa shape index (κ3) is 5.74. The Hall–Kier alpha value is -2.73. The fourth-order valence-electron chi connectivity index (χ4n) is 4.01. The molecule has 0 saturated heterocycles. The molecule has 0 aliphatic rings. The first-order valence-electron chi connectivity index (χ1n) is 11.2. The summed E-state index contributed by atoms with van der Waals surface area (Å²) < 4.78 is 7.98. The average molecular weight is 453 g/mol. The van der Waals surface area contributed by atoms with Gasteiger partial charge in [0.15, 0.2) is 4.80 Å². The van der Waals surface area contributed by atoms with E-state index in [-0.39, 0.29) is 24.8 Å². The number of nitrogens with zero attached hydrogens (tertiary/aromatic N) is 2. The second kappa shape index (κ2) is 10.7. The maximum atomic E-state index is 12.9. The van der Waals surface area contributed by atoms with Crippen molar-refractivity contribution in [3.63, 3.8) is 0 Å². The molecule has 0 aliphatic heterocycles. The first kappa shape index (κ1) is 23.9. The number of rotatable bonds is 8. The highest BCUT2D eigenvalue weighted by molar-refractivity contribution is 7.16. The van der Waals surface area contributed by atoms with Crippen LogP contribution >= 0.6 is 11.3 Å². The van der Waals surface area contributed by atoms with Gasteiger partial charge in [-0.3, -0.25) is 9.59 Å². The van der Waals surface area contributed by atoms with Gasteiger partial charge >= 0.3 is 5.97 Å². The van der Waals surface area contributed by atoms with Gasteiger partial charge in [-0.05, 0) is 74.9 Å². The molecule has 0 radical (unpaired) electrons. The van der Waals surface area contributed by atoms with E-state index in [0.717, 1.165) is 46.2 Å². The zero-order chi connectivity index (χ0) is 23.3. The SMILES string of the molecule is CCCCc1ccc2c(c1)sc(=NC(=O)Cc1c(C)cc(C)cc1C)n2CC(=O)OCC. The molecule has 1 heterocycles. The third-order valence-corrected chi connectivity index (χ3v) is 6.59. The van der Waals surface area contributed by atoms with E-state index in [1.54, 1.807) is 11.5 Å². The van der Waals surface area contributed by atoms with E-state index < -0.39 is 0 Å². The van der Waals surface area contributed by atoms with E-state index in [2.05, 4.69) is 43.1 Å². The summed E-state index contributed by atoms with van der Waals surface area (Å²) in [6.45, 7) is 10.4. The normalized spacial score (nSPS) is 11.8. The van der Waals surface area contributed by atoms with E-state index in [4.69, 9.17) is 4.74 Å². The fraction of sp³-hybridized carbons (Fsp3) is 0.423. The number of carbonyl (C=O) groups excluding carboxylic acids is 2. The van der Waals surface area contributed by atoms with E-state index in [1.807, 2.05) is 19.9 Å². The molecule has 0 atom stereocenters. The number of esters is 1. The largest absolute Gasteiger partial charge is 0.465 e. The molecule has 1 aromatic heterocycles. The van der Waals surface area contributed by atoms with Crippen LogP contribution in [0.1, 0.15) is 54.5 Å². The van der Waals surface area contributed by atoms with Gasteiger partial charge in [0.05, 0.1) is 23.2 Å². The highest BCUT2D eigenvalue weighted by Gasteiger charge is 2.14. The van der Waals surface area contributed by atoms with Crippen molar-refractivity contribution in [3.05, 3.63) is 63.0 Å². The molecule has 0 aliphatic carbocycles. The number of hydrogen-bond acceptors (Lipinski definition) is 4. The molecule has 0 N–H and O–H groups in total. The maximum absolute atomic E-state index is 12.9. The minimum atomic E-state index is -0.332. The van der Waals surface area contributed by atoms with Crippen molar-refractivity contribution in [3.8, 4) is 0 Å². The van der Waals surface area contributed by atoms with Crippen LogP contribution in [0.25, 0.3) is 10.2 Å². The first-order chi connectivity index (χ1) is 15.3. The molecule has 0 unspecified atom stereocenters. The van der Waals surface area contributed by atoms with E-state index >= 15 is 0 Å². The van der Waals surface area contributed by atoms with Crippen molar-refractivity contribution in [2.24, 2.45) is 4.99 Å². The second-order valence-corrected chi connectivity index (χ2v) is 9.25. The highest BCUT2D eigenvalue weighted by Crippen LogP contribution is 2.21. The summed E-state index contributed by atoms with van der Waals surface area (Å²) in [6, 6.07) is 10.4. The number of unbranched alkanes of at least 4 members (excludes halogenated alkanes) is 1. The number of hydrogen-bond donors (Lipinski definition) is 0. The van der Waals surface area contributed by atoms with Gasteiger partial charge < -0.3 is 9.30 Å². The lowest BCUT2D eigenvalue weighted by Gasteiger charge is -2.09. The van der Waals surface area contributed by atoms with Gasteiger partial charge in [0, 0.05) is 0 Å². The lowest BCUT2D eigenvalue weighted by Crippen LogP contribution is -2.23. The van der Waals surface area contributed by atoms with E-state index in [9.17, 15) is 9.59 Å². The molecule has 170 valence electrons. The molecule has 32 heavy (non-hydrogen) atoms. The number of aryl methyl sites for hydroxylation is 4. The summed E-state index contributed by atoms with van der Waals surface area (Å²) in [5.74, 6) is -0.545. The van der Waals surface area contributed by atoms with Crippen LogP contribution < -0.4 is 4.80 Å². The molecule has 5 nitrogen and oxygen atoms in total. The number of fused-ring (bicyclic) bond motifs is 1. The smallest absolute Gasteiger partial charge is 0.326 e. The van der Waals surface area contributed by atoms with Crippen LogP contribution in [0, 0.1) is 20.8 Å². The quantitative estimate of drug-likeness (QED) is 0.441. The summed E-state index contributed by atoms with van der Waals surface area (Å²) in [5.41, 5.74) is 6.56. The van der Waals surface area contributed by atoms with Crippen LogP contribution in [0.2, 0.25) is 0 Å². The molecule has 2 aromatic carbocycles. The number of benzene rings is 2. The molecule has 0 spiro atoms. The van der Waals surface area contributed by atoms with Crippen LogP contribution in [0.15, 0.2) is 35.3 Å². The summed E-state index contributed by atoms with van der Waals surface area (Å²) in [7, 11) is 0. The van der Waals surface area contributed by atoms with Crippen molar-refractivity contribution in [2.75, 3.05) is 6.61 Å². The molecule has 1 amide bonds. The van der Waals surface area contributed by atoms with E-state index in [0.29, 0.717) is 11.4 Å². The molecule has 3 aromatic rings. The Morgan fingerprint density at radius 3 is 2.44 bits per heavy atom. The Balaban J connectivity index is 2.01. The van der Waals surface area contributed by atoms with Crippen LogP contribution in [0.3, 0.4) is 0 Å². The summed E-state index contributed by atoms with van der Waals surface area (Å²) in [5, 5.41) is 0. The van der Waals surface area contributed by atoms with Gasteiger partial charge in [-0.15, -0.1) is 0 Å². The number of ether oxygens (including phenoxy) is 1.